The van der Waals surface area contributed by atoms with Crippen LogP contribution in [0.5, 0.6) is 0 Å². The first kappa shape index (κ1) is 21.1. The van der Waals surface area contributed by atoms with E-state index in [0.717, 1.165) is 24.5 Å². The molecule has 0 bridgehead atoms. The van der Waals surface area contributed by atoms with E-state index in [4.69, 9.17) is 11.6 Å². The summed E-state index contributed by atoms with van der Waals surface area (Å²) in [6, 6.07) is 8.22. The molecular weight excluding hydrogens is 339 g/mol. The van der Waals surface area contributed by atoms with Crippen LogP contribution in [0.3, 0.4) is 0 Å². The third kappa shape index (κ3) is 8.21. The number of halogens is 2. The number of aromatic nitrogens is 2. The van der Waals surface area contributed by atoms with E-state index in [2.05, 4.69) is 46.9 Å². The van der Waals surface area contributed by atoms with Gasteiger partial charge in [-0.25, -0.2) is 9.13 Å². The highest BCUT2D eigenvalue weighted by atomic mass is 35.5. The molecule has 4 heteroatoms. The molecule has 0 atom stereocenters. The van der Waals surface area contributed by atoms with Crippen LogP contribution in [0.4, 0.5) is 0 Å². The molecule has 2 nitrogen and oxygen atoms in total. The van der Waals surface area contributed by atoms with Crippen LogP contribution in [0.25, 0.3) is 0 Å². The fraction of sp³-hybridized carbons (Fsp3) is 0.550. The van der Waals surface area contributed by atoms with Gasteiger partial charge in [-0.3, -0.25) is 0 Å². The molecule has 0 unspecified atom stereocenters. The minimum absolute atomic E-state index is 0. The molecule has 0 fully saturated rings. The van der Waals surface area contributed by atoms with E-state index in [9.17, 15) is 0 Å². The molecule has 24 heavy (non-hydrogen) atoms. The first-order valence-electron chi connectivity index (χ1n) is 9.07. The van der Waals surface area contributed by atoms with Crippen LogP contribution in [0, 0.1) is 0 Å². The Bertz CT molecular complexity index is 549. The predicted octanol–water partition coefficient (Wildman–Crippen LogP) is 2.43. The SMILES string of the molecule is CCCCCCC[n+]1ccn(CCCCc2ccc(Cl)cc2)c1.[Cl-]. The van der Waals surface area contributed by atoms with E-state index >= 15 is 0 Å². The third-order valence-corrected chi connectivity index (χ3v) is 4.56. The number of hydrogen-bond acceptors (Lipinski definition) is 0. The maximum Gasteiger partial charge on any atom is 0.243 e. The van der Waals surface area contributed by atoms with Crippen molar-refractivity contribution in [2.24, 2.45) is 0 Å². The van der Waals surface area contributed by atoms with Crippen molar-refractivity contribution in [2.75, 3.05) is 0 Å². The van der Waals surface area contributed by atoms with Crippen molar-refractivity contribution in [3.8, 4) is 0 Å². The largest absolute Gasteiger partial charge is 1.00 e. The summed E-state index contributed by atoms with van der Waals surface area (Å²) in [7, 11) is 0. The van der Waals surface area contributed by atoms with E-state index in [1.54, 1.807) is 0 Å². The number of aryl methyl sites for hydroxylation is 3. The summed E-state index contributed by atoms with van der Waals surface area (Å²) in [6.45, 7) is 4.53. The topological polar surface area (TPSA) is 8.81 Å². The third-order valence-electron chi connectivity index (χ3n) is 4.31. The Labute approximate surface area is 158 Å². The van der Waals surface area contributed by atoms with Gasteiger partial charge in [0.05, 0.1) is 13.1 Å². The second-order valence-electron chi connectivity index (χ2n) is 6.39. The monoisotopic (exact) mass is 368 g/mol. The van der Waals surface area contributed by atoms with Crippen molar-refractivity contribution < 1.29 is 17.0 Å². The smallest absolute Gasteiger partial charge is 0.243 e. The first-order valence-corrected chi connectivity index (χ1v) is 9.45. The molecule has 0 saturated heterocycles. The molecule has 2 rings (SSSR count). The predicted molar refractivity (Wildman–Crippen MR) is 97.8 cm³/mol. The Morgan fingerprint density at radius 3 is 2.46 bits per heavy atom. The Balaban J connectivity index is 0.00000288. The van der Waals surface area contributed by atoms with Crippen LogP contribution in [0.2, 0.25) is 5.02 Å². The van der Waals surface area contributed by atoms with Gasteiger partial charge in [0.1, 0.15) is 12.4 Å². The molecule has 0 radical (unpaired) electrons. The highest BCUT2D eigenvalue weighted by Gasteiger charge is 2.03. The maximum atomic E-state index is 5.91. The lowest BCUT2D eigenvalue weighted by Crippen LogP contribution is -3.00. The average Bonchev–Trinajstić information content (AvgIpc) is 3.01. The van der Waals surface area contributed by atoms with E-state index in [1.165, 1.54) is 50.5 Å². The zero-order chi connectivity index (χ0) is 16.3. The molecule has 0 saturated carbocycles. The Morgan fingerprint density at radius 2 is 1.71 bits per heavy atom. The molecule has 0 aliphatic carbocycles. The van der Waals surface area contributed by atoms with Crippen LogP contribution >= 0.6 is 11.6 Å². The average molecular weight is 369 g/mol. The van der Waals surface area contributed by atoms with Crippen molar-refractivity contribution in [1.29, 1.82) is 0 Å². The van der Waals surface area contributed by atoms with Crippen molar-refractivity contribution in [1.82, 2.24) is 4.57 Å². The number of unbranched alkanes of at least 4 members (excludes halogenated alkanes) is 5. The summed E-state index contributed by atoms with van der Waals surface area (Å²) < 4.78 is 4.64. The van der Waals surface area contributed by atoms with Crippen LogP contribution in [0.1, 0.15) is 57.4 Å². The van der Waals surface area contributed by atoms with Crippen molar-refractivity contribution in [3.05, 3.63) is 53.6 Å². The Hall–Kier alpha value is -0.990. The second-order valence-corrected chi connectivity index (χ2v) is 6.82. The zero-order valence-corrected chi connectivity index (χ0v) is 16.3. The number of benzene rings is 1. The summed E-state index contributed by atoms with van der Waals surface area (Å²) >= 11 is 5.91. The van der Waals surface area contributed by atoms with Gasteiger partial charge < -0.3 is 12.4 Å². The molecule has 0 amide bonds. The van der Waals surface area contributed by atoms with Gasteiger partial charge in [-0.1, -0.05) is 49.9 Å². The molecule has 0 spiro atoms. The van der Waals surface area contributed by atoms with Gasteiger partial charge in [-0.05, 0) is 49.8 Å². The summed E-state index contributed by atoms with van der Waals surface area (Å²) in [5.41, 5.74) is 1.38. The van der Waals surface area contributed by atoms with Gasteiger partial charge >= 0.3 is 0 Å². The normalized spacial score (nSPS) is 10.6. The lowest BCUT2D eigenvalue weighted by Gasteiger charge is -2.01. The molecular formula is C20H30Cl2N2. The second kappa shape index (κ2) is 12.4. The van der Waals surface area contributed by atoms with Gasteiger partial charge in [0.25, 0.3) is 0 Å². The molecule has 134 valence electrons. The molecule has 1 aromatic heterocycles. The summed E-state index contributed by atoms with van der Waals surface area (Å²) in [6.07, 6.45) is 17.0. The molecule has 2 aromatic rings. The lowest BCUT2D eigenvalue weighted by molar-refractivity contribution is -0.696. The standard InChI is InChI=1S/C20H30ClN2.ClH/c1-2-3-4-5-7-14-22-16-17-23(18-22)15-8-6-9-19-10-12-20(21)13-11-19;/h10-13,16-18H,2-9,14-15H2,1H3;1H/q+1;/p-1. The van der Waals surface area contributed by atoms with Crippen LogP contribution < -0.4 is 17.0 Å². The van der Waals surface area contributed by atoms with Gasteiger partial charge in [0.2, 0.25) is 6.33 Å². The fourth-order valence-electron chi connectivity index (χ4n) is 2.88. The van der Waals surface area contributed by atoms with Crippen molar-refractivity contribution >= 4 is 11.6 Å². The van der Waals surface area contributed by atoms with Gasteiger partial charge in [0.15, 0.2) is 0 Å². The maximum absolute atomic E-state index is 5.91. The van der Waals surface area contributed by atoms with E-state index in [0.29, 0.717) is 0 Å². The van der Waals surface area contributed by atoms with Gasteiger partial charge in [0, 0.05) is 5.02 Å². The zero-order valence-electron chi connectivity index (χ0n) is 14.8. The molecule has 0 N–H and O–H groups in total. The van der Waals surface area contributed by atoms with Crippen molar-refractivity contribution in [3.63, 3.8) is 0 Å². The molecule has 0 aliphatic rings. The Kier molecular flexibility index (Phi) is 10.9. The lowest BCUT2D eigenvalue weighted by atomic mass is 10.1. The first-order chi connectivity index (χ1) is 11.3. The van der Waals surface area contributed by atoms with Gasteiger partial charge in [-0.15, -0.1) is 0 Å². The molecule has 0 aliphatic heterocycles. The number of hydrogen-bond donors (Lipinski definition) is 0. The molecule has 1 heterocycles. The minimum atomic E-state index is 0. The number of imidazole rings is 1. The van der Waals surface area contributed by atoms with Crippen LogP contribution in [-0.4, -0.2) is 4.57 Å². The summed E-state index contributed by atoms with van der Waals surface area (Å²) in [4.78, 5) is 0. The highest BCUT2D eigenvalue weighted by molar-refractivity contribution is 6.30. The van der Waals surface area contributed by atoms with Crippen LogP contribution in [-0.2, 0) is 19.5 Å². The van der Waals surface area contributed by atoms with E-state index in [1.807, 2.05) is 12.1 Å². The number of rotatable bonds is 11. The Morgan fingerprint density at radius 1 is 0.958 bits per heavy atom. The minimum Gasteiger partial charge on any atom is -1.00 e. The highest BCUT2D eigenvalue weighted by Crippen LogP contribution is 2.12. The summed E-state index contributed by atoms with van der Waals surface area (Å²) in [5, 5.41) is 0.820. The van der Waals surface area contributed by atoms with Crippen LogP contribution in [0.15, 0.2) is 43.0 Å². The molecule has 1 aromatic carbocycles. The quantitative estimate of drug-likeness (QED) is 0.425. The summed E-state index contributed by atoms with van der Waals surface area (Å²) in [5.74, 6) is 0. The van der Waals surface area contributed by atoms with Gasteiger partial charge in [-0.2, -0.15) is 0 Å². The fourth-order valence-corrected chi connectivity index (χ4v) is 3.00. The number of nitrogens with zero attached hydrogens (tertiary/aromatic N) is 2. The van der Waals surface area contributed by atoms with E-state index < -0.39 is 0 Å². The van der Waals surface area contributed by atoms with Crippen molar-refractivity contribution in [2.45, 2.75) is 71.4 Å². The van der Waals surface area contributed by atoms with E-state index in [-0.39, 0.29) is 12.4 Å².